The van der Waals surface area contributed by atoms with Crippen LogP contribution in [-0.4, -0.2) is 24.9 Å². The summed E-state index contributed by atoms with van der Waals surface area (Å²) in [6.07, 6.45) is 1.95. The molecule has 8 heteroatoms. The van der Waals surface area contributed by atoms with Crippen LogP contribution >= 0.6 is 34.7 Å². The lowest BCUT2D eigenvalue weighted by atomic mass is 10.3. The van der Waals surface area contributed by atoms with E-state index in [1.807, 2.05) is 6.26 Å². The van der Waals surface area contributed by atoms with Crippen molar-refractivity contribution in [2.45, 2.75) is 4.34 Å². The van der Waals surface area contributed by atoms with Crippen LogP contribution in [0.2, 0.25) is 0 Å². The molecule has 17 heavy (non-hydrogen) atoms. The Labute approximate surface area is 112 Å². The van der Waals surface area contributed by atoms with E-state index in [4.69, 9.17) is 11.6 Å². The van der Waals surface area contributed by atoms with Gasteiger partial charge in [-0.05, 0) is 24.5 Å². The van der Waals surface area contributed by atoms with Gasteiger partial charge in [-0.15, -0.1) is 22.9 Å². The van der Waals surface area contributed by atoms with Crippen molar-refractivity contribution in [1.29, 1.82) is 0 Å². The van der Waals surface area contributed by atoms with Crippen molar-refractivity contribution in [3.05, 3.63) is 18.2 Å². The van der Waals surface area contributed by atoms with Crippen LogP contribution in [0.3, 0.4) is 0 Å². The van der Waals surface area contributed by atoms with Crippen molar-refractivity contribution in [3.8, 4) is 0 Å². The summed E-state index contributed by atoms with van der Waals surface area (Å²) in [6.45, 7) is 0. The lowest BCUT2D eigenvalue weighted by Crippen LogP contribution is -2.13. The number of nitrogens with zero attached hydrogens (tertiary/aromatic N) is 1. The number of sulfonamides is 1. The molecule has 0 atom stereocenters. The maximum atomic E-state index is 11.3. The van der Waals surface area contributed by atoms with Gasteiger partial charge in [0.25, 0.3) is 0 Å². The summed E-state index contributed by atoms with van der Waals surface area (Å²) in [5.74, 6) is 0. The number of thiazole rings is 1. The number of alkyl halides is 1. The van der Waals surface area contributed by atoms with Crippen LogP contribution in [0, 0.1) is 0 Å². The van der Waals surface area contributed by atoms with E-state index in [1.165, 1.54) is 11.3 Å². The first-order valence-electron chi connectivity index (χ1n) is 4.55. The standard InChI is InChI=1S/C9H9ClN2O2S3/c1-15-9-11-7-3-2-6(4-8(7)16-9)12-17(13,14)5-10/h2-4,12H,5H2,1H3. The average Bonchev–Trinajstić information content (AvgIpc) is 2.70. The Balaban J connectivity index is 2.37. The first-order chi connectivity index (χ1) is 8.04. The molecular weight excluding hydrogens is 300 g/mol. The Morgan fingerprint density at radius 2 is 2.29 bits per heavy atom. The third-order valence-corrected chi connectivity index (χ3v) is 5.66. The van der Waals surface area contributed by atoms with E-state index in [2.05, 4.69) is 9.71 Å². The summed E-state index contributed by atoms with van der Waals surface area (Å²) in [5.41, 5.74) is 1.38. The van der Waals surface area contributed by atoms with Crippen molar-refractivity contribution < 1.29 is 8.42 Å². The highest BCUT2D eigenvalue weighted by atomic mass is 35.5. The summed E-state index contributed by atoms with van der Waals surface area (Å²) in [4.78, 5) is 4.37. The molecule has 0 spiro atoms. The molecule has 0 radical (unpaired) electrons. The van der Waals surface area contributed by atoms with Gasteiger partial charge < -0.3 is 0 Å². The normalized spacial score (nSPS) is 11.9. The molecule has 1 aromatic heterocycles. The molecule has 0 amide bonds. The molecule has 4 nitrogen and oxygen atoms in total. The summed E-state index contributed by atoms with van der Waals surface area (Å²) in [7, 11) is -3.45. The molecule has 1 N–H and O–H groups in total. The number of hydrogen-bond donors (Lipinski definition) is 1. The number of benzene rings is 1. The van der Waals surface area contributed by atoms with Crippen molar-refractivity contribution >= 4 is 60.6 Å². The van der Waals surface area contributed by atoms with Crippen molar-refractivity contribution in [1.82, 2.24) is 4.98 Å². The maximum absolute atomic E-state index is 11.3. The molecule has 1 aromatic carbocycles. The third kappa shape index (κ3) is 3.04. The lowest BCUT2D eigenvalue weighted by Gasteiger charge is -2.04. The molecule has 0 saturated carbocycles. The quantitative estimate of drug-likeness (QED) is 0.697. The zero-order valence-corrected chi connectivity index (χ0v) is 12.0. The fourth-order valence-electron chi connectivity index (χ4n) is 1.26. The minimum absolute atomic E-state index is 0.455. The Morgan fingerprint density at radius 3 is 2.94 bits per heavy atom. The van der Waals surface area contributed by atoms with Crippen LogP contribution in [0.4, 0.5) is 5.69 Å². The monoisotopic (exact) mass is 308 g/mol. The number of fused-ring (bicyclic) bond motifs is 1. The van der Waals surface area contributed by atoms with E-state index in [1.54, 1.807) is 30.0 Å². The second-order valence-corrected chi connectivity index (χ2v) is 7.58. The van der Waals surface area contributed by atoms with Gasteiger partial charge in [0.15, 0.2) is 4.34 Å². The SMILES string of the molecule is CSc1nc2ccc(NS(=O)(=O)CCl)cc2s1. The van der Waals surface area contributed by atoms with E-state index in [-0.39, 0.29) is 0 Å². The summed E-state index contributed by atoms with van der Waals surface area (Å²) in [5, 5.41) is -0.455. The molecule has 92 valence electrons. The number of aromatic nitrogens is 1. The largest absolute Gasteiger partial charge is 0.283 e. The van der Waals surface area contributed by atoms with Gasteiger partial charge >= 0.3 is 0 Å². The van der Waals surface area contributed by atoms with E-state index in [9.17, 15) is 8.42 Å². The first-order valence-corrected chi connectivity index (χ1v) is 8.78. The predicted octanol–water partition coefficient (Wildman–Crippen LogP) is 2.96. The zero-order valence-electron chi connectivity index (χ0n) is 8.81. The molecule has 2 aromatic rings. The smallest absolute Gasteiger partial charge is 0.246 e. The molecule has 0 aliphatic heterocycles. The van der Waals surface area contributed by atoms with Crippen molar-refractivity contribution in [2.24, 2.45) is 0 Å². The fourth-order valence-corrected chi connectivity index (χ4v) is 3.49. The average molecular weight is 309 g/mol. The number of rotatable bonds is 4. The third-order valence-electron chi connectivity index (χ3n) is 1.96. The van der Waals surface area contributed by atoms with Crippen LogP contribution in [0.5, 0.6) is 0 Å². The highest BCUT2D eigenvalue weighted by Gasteiger charge is 2.09. The number of thioether (sulfide) groups is 1. The molecule has 0 aliphatic rings. The molecule has 1 heterocycles. The maximum Gasteiger partial charge on any atom is 0.246 e. The number of halogens is 1. The number of nitrogens with one attached hydrogen (secondary N) is 1. The van der Waals surface area contributed by atoms with Gasteiger partial charge in [-0.2, -0.15) is 0 Å². The van der Waals surface area contributed by atoms with E-state index >= 15 is 0 Å². The molecule has 0 bridgehead atoms. The molecular formula is C9H9ClN2O2S3. The highest BCUT2D eigenvalue weighted by molar-refractivity contribution is 8.00. The lowest BCUT2D eigenvalue weighted by molar-refractivity contribution is 0.605. The molecule has 0 fully saturated rings. The van der Waals surface area contributed by atoms with Gasteiger partial charge in [0.2, 0.25) is 10.0 Å². The minimum atomic E-state index is -3.45. The second-order valence-electron chi connectivity index (χ2n) is 3.19. The van der Waals surface area contributed by atoms with E-state index in [0.717, 1.165) is 14.6 Å². The molecule has 0 unspecified atom stereocenters. The first kappa shape index (κ1) is 12.9. The summed E-state index contributed by atoms with van der Waals surface area (Å²) >= 11 is 8.42. The van der Waals surface area contributed by atoms with Crippen LogP contribution in [0.1, 0.15) is 0 Å². The summed E-state index contributed by atoms with van der Waals surface area (Å²) in [6, 6.07) is 5.23. The van der Waals surface area contributed by atoms with Crippen molar-refractivity contribution in [3.63, 3.8) is 0 Å². The van der Waals surface area contributed by atoms with Crippen LogP contribution < -0.4 is 4.72 Å². The number of anilines is 1. The predicted molar refractivity (Wildman–Crippen MR) is 74.7 cm³/mol. The zero-order chi connectivity index (χ0) is 12.5. The minimum Gasteiger partial charge on any atom is -0.283 e. The highest BCUT2D eigenvalue weighted by Crippen LogP contribution is 2.30. The van der Waals surface area contributed by atoms with Gasteiger partial charge in [0.1, 0.15) is 5.21 Å². The Kier molecular flexibility index (Phi) is 3.82. The van der Waals surface area contributed by atoms with Gasteiger partial charge in [-0.25, -0.2) is 13.4 Å². The topological polar surface area (TPSA) is 59.1 Å². The molecule has 0 aliphatic carbocycles. The van der Waals surface area contributed by atoms with Gasteiger partial charge in [0, 0.05) is 0 Å². The Bertz CT molecular complexity index is 639. The Hall–Kier alpha value is -0.500. The van der Waals surface area contributed by atoms with Gasteiger partial charge in [-0.1, -0.05) is 11.8 Å². The van der Waals surface area contributed by atoms with Crippen LogP contribution in [0.15, 0.2) is 22.5 Å². The van der Waals surface area contributed by atoms with Gasteiger partial charge in [-0.3, -0.25) is 4.72 Å². The Morgan fingerprint density at radius 1 is 1.53 bits per heavy atom. The van der Waals surface area contributed by atoms with E-state index < -0.39 is 15.2 Å². The van der Waals surface area contributed by atoms with Crippen LogP contribution in [0.25, 0.3) is 10.2 Å². The fraction of sp³-hybridized carbons (Fsp3) is 0.222. The van der Waals surface area contributed by atoms with Gasteiger partial charge in [0.05, 0.1) is 15.9 Å². The molecule has 0 saturated heterocycles. The molecule has 2 rings (SSSR count). The summed E-state index contributed by atoms with van der Waals surface area (Å²) < 4.78 is 26.9. The van der Waals surface area contributed by atoms with Crippen LogP contribution in [-0.2, 0) is 10.0 Å². The number of hydrogen-bond acceptors (Lipinski definition) is 5. The van der Waals surface area contributed by atoms with E-state index in [0.29, 0.717) is 5.69 Å². The second kappa shape index (κ2) is 5.01. The van der Waals surface area contributed by atoms with Crippen molar-refractivity contribution in [2.75, 3.05) is 16.2 Å².